The van der Waals surface area contributed by atoms with E-state index in [-0.39, 0.29) is 29.4 Å². The molecule has 8 nitrogen and oxygen atoms in total. The van der Waals surface area contributed by atoms with Crippen LogP contribution in [-0.4, -0.2) is 68.6 Å². The highest BCUT2D eigenvalue weighted by Gasteiger charge is 2.46. The summed E-state index contributed by atoms with van der Waals surface area (Å²) >= 11 is 0. The summed E-state index contributed by atoms with van der Waals surface area (Å²) < 4.78 is 11.2. The summed E-state index contributed by atoms with van der Waals surface area (Å²) in [7, 11) is 0. The van der Waals surface area contributed by atoms with Gasteiger partial charge < -0.3 is 35.0 Å². The predicted molar refractivity (Wildman–Crippen MR) is 83.8 cm³/mol. The van der Waals surface area contributed by atoms with E-state index in [1.54, 1.807) is 19.1 Å². The van der Waals surface area contributed by atoms with Gasteiger partial charge in [0.25, 0.3) is 0 Å². The quantitative estimate of drug-likeness (QED) is 0.489. The molecule has 0 bridgehead atoms. The summed E-state index contributed by atoms with van der Waals surface area (Å²) in [6.45, 7) is 1.24. The molecule has 0 amide bonds. The van der Waals surface area contributed by atoms with Crippen molar-refractivity contribution < 1.29 is 39.8 Å². The van der Waals surface area contributed by atoms with Gasteiger partial charge in [-0.1, -0.05) is 19.1 Å². The lowest BCUT2D eigenvalue weighted by molar-refractivity contribution is -0.316. The van der Waals surface area contributed by atoms with Crippen LogP contribution in [0.15, 0.2) is 18.2 Å². The molecule has 2 unspecified atom stereocenters. The van der Waals surface area contributed by atoms with E-state index in [0.29, 0.717) is 5.56 Å². The zero-order valence-electron chi connectivity index (χ0n) is 13.6. The topological polar surface area (TPSA) is 137 Å². The van der Waals surface area contributed by atoms with Crippen LogP contribution in [0.1, 0.15) is 35.4 Å². The van der Waals surface area contributed by atoms with Crippen LogP contribution >= 0.6 is 0 Å². The van der Waals surface area contributed by atoms with Gasteiger partial charge in [0.15, 0.2) is 12.1 Å². The van der Waals surface area contributed by atoms with Crippen LogP contribution in [0.5, 0.6) is 5.75 Å². The lowest BCUT2D eigenvalue weighted by atomic mass is 9.81. The number of carbonyl (C=O) groups excluding carboxylic acids is 1. The first-order valence-corrected chi connectivity index (χ1v) is 8.16. The van der Waals surface area contributed by atoms with Crippen LogP contribution in [-0.2, 0) is 9.47 Å². The summed E-state index contributed by atoms with van der Waals surface area (Å²) in [5, 5.41) is 49.1. The van der Waals surface area contributed by atoms with E-state index in [9.17, 15) is 30.3 Å². The van der Waals surface area contributed by atoms with Crippen molar-refractivity contribution in [1.29, 1.82) is 0 Å². The summed E-state index contributed by atoms with van der Waals surface area (Å²) in [4.78, 5) is 12.2. The molecule has 1 aromatic carbocycles. The number of aromatic hydroxyl groups is 1. The molecule has 0 saturated carbocycles. The Labute approximate surface area is 144 Å². The molecule has 1 heterocycles. The average molecular weight is 354 g/mol. The number of carbonyl (C=O) groups is 1. The molecular formula is C17H22O8. The Morgan fingerprint density at radius 1 is 1.20 bits per heavy atom. The molecule has 1 saturated heterocycles. The van der Waals surface area contributed by atoms with Crippen LogP contribution in [0.3, 0.4) is 0 Å². The molecule has 138 valence electrons. The summed E-state index contributed by atoms with van der Waals surface area (Å²) in [6, 6.07) is 4.65. The zero-order valence-corrected chi connectivity index (χ0v) is 13.6. The minimum absolute atomic E-state index is 0.142. The van der Waals surface area contributed by atoms with Crippen LogP contribution < -0.4 is 0 Å². The van der Waals surface area contributed by atoms with Gasteiger partial charge >= 0.3 is 0 Å². The standard InChI is InChI=1S/C17H22O8/c1-7-5-10(20)12-8(3-2-4-9(12)19)16(7)25-17-15(23)14(22)13(21)11(6-18)24-17/h2-4,7,11,13-19,21-23H,5-6H2,1H3/t7?,11-,13-,14+,15-,16?,17-/m1/s1. The van der Waals surface area contributed by atoms with E-state index in [1.807, 2.05) is 0 Å². The average Bonchev–Trinajstić information content (AvgIpc) is 2.58. The van der Waals surface area contributed by atoms with Gasteiger partial charge in [0.05, 0.1) is 18.3 Å². The number of benzene rings is 1. The summed E-state index contributed by atoms with van der Waals surface area (Å²) in [6.07, 6.45) is -7.43. The number of rotatable bonds is 3. The minimum Gasteiger partial charge on any atom is -0.507 e. The Balaban J connectivity index is 1.88. The molecule has 1 aliphatic carbocycles. The molecule has 25 heavy (non-hydrogen) atoms. The molecule has 1 fully saturated rings. The van der Waals surface area contributed by atoms with Gasteiger partial charge in [-0.15, -0.1) is 0 Å². The van der Waals surface area contributed by atoms with Crippen LogP contribution in [0.2, 0.25) is 0 Å². The highest BCUT2D eigenvalue weighted by atomic mass is 16.7. The highest BCUT2D eigenvalue weighted by Crippen LogP contribution is 2.41. The SMILES string of the molecule is CC1CC(=O)c2c(O)cccc2C1O[C@H]1O[C@H](CO)[C@@H](O)[C@H](O)[C@H]1O. The van der Waals surface area contributed by atoms with Crippen LogP contribution in [0.4, 0.5) is 0 Å². The van der Waals surface area contributed by atoms with Crippen molar-refractivity contribution in [1.82, 2.24) is 0 Å². The fraction of sp³-hybridized carbons (Fsp3) is 0.588. The minimum atomic E-state index is -1.54. The summed E-state index contributed by atoms with van der Waals surface area (Å²) in [5.41, 5.74) is 0.649. The number of ketones is 1. The highest BCUT2D eigenvalue weighted by molar-refractivity contribution is 6.01. The van der Waals surface area contributed by atoms with Crippen LogP contribution in [0.25, 0.3) is 0 Å². The Bertz CT molecular complexity index is 646. The number of phenolic OH excluding ortho intramolecular Hbond substituents is 1. The molecule has 1 aliphatic heterocycles. The number of hydrogen-bond acceptors (Lipinski definition) is 8. The van der Waals surface area contributed by atoms with Gasteiger partial charge in [-0.3, -0.25) is 4.79 Å². The van der Waals surface area contributed by atoms with Gasteiger partial charge in [-0.25, -0.2) is 0 Å². The third-order valence-electron chi connectivity index (χ3n) is 4.81. The molecular weight excluding hydrogens is 332 g/mol. The largest absolute Gasteiger partial charge is 0.507 e. The first-order valence-electron chi connectivity index (χ1n) is 8.16. The fourth-order valence-corrected chi connectivity index (χ4v) is 3.44. The number of aliphatic hydroxyl groups is 4. The number of ether oxygens (including phenoxy) is 2. The van der Waals surface area contributed by atoms with Crippen molar-refractivity contribution in [2.75, 3.05) is 6.61 Å². The normalized spacial score (nSPS) is 38.4. The van der Waals surface area contributed by atoms with E-state index < -0.39 is 43.4 Å². The number of Topliss-reactive ketones (excluding diaryl/α,β-unsaturated/α-hetero) is 1. The Hall–Kier alpha value is -1.55. The van der Waals surface area contributed by atoms with Crippen LogP contribution in [0, 0.1) is 5.92 Å². The summed E-state index contributed by atoms with van der Waals surface area (Å²) in [5.74, 6) is -0.597. The third kappa shape index (κ3) is 3.17. The Kier molecular flexibility index (Phi) is 5.10. The van der Waals surface area contributed by atoms with Crippen molar-refractivity contribution in [3.05, 3.63) is 29.3 Å². The molecule has 2 aliphatic rings. The van der Waals surface area contributed by atoms with Crippen molar-refractivity contribution >= 4 is 5.78 Å². The molecule has 3 rings (SSSR count). The van der Waals surface area contributed by atoms with Crippen molar-refractivity contribution in [2.24, 2.45) is 5.92 Å². The van der Waals surface area contributed by atoms with Gasteiger partial charge in [0.2, 0.25) is 0 Å². The molecule has 5 N–H and O–H groups in total. The van der Waals surface area contributed by atoms with Crippen molar-refractivity contribution in [2.45, 2.75) is 50.2 Å². The van der Waals surface area contributed by atoms with Gasteiger partial charge in [-0.2, -0.15) is 0 Å². The molecule has 8 heteroatoms. The number of phenols is 1. The maximum absolute atomic E-state index is 12.2. The number of aliphatic hydroxyl groups excluding tert-OH is 4. The lowest BCUT2D eigenvalue weighted by Gasteiger charge is -2.42. The fourth-order valence-electron chi connectivity index (χ4n) is 3.44. The van der Waals surface area contributed by atoms with E-state index in [2.05, 4.69) is 0 Å². The maximum atomic E-state index is 12.2. The second-order valence-corrected chi connectivity index (χ2v) is 6.60. The third-order valence-corrected chi connectivity index (χ3v) is 4.81. The zero-order chi connectivity index (χ0) is 18.3. The van der Waals surface area contributed by atoms with Crippen molar-refractivity contribution in [3.63, 3.8) is 0 Å². The molecule has 1 aromatic rings. The van der Waals surface area contributed by atoms with E-state index >= 15 is 0 Å². The Morgan fingerprint density at radius 3 is 2.60 bits per heavy atom. The first-order chi connectivity index (χ1) is 11.8. The monoisotopic (exact) mass is 354 g/mol. The first kappa shape index (κ1) is 18.2. The molecule has 0 spiro atoms. The van der Waals surface area contributed by atoms with Crippen molar-refractivity contribution in [3.8, 4) is 5.75 Å². The van der Waals surface area contributed by atoms with Gasteiger partial charge in [0, 0.05) is 6.42 Å². The van der Waals surface area contributed by atoms with E-state index in [4.69, 9.17) is 9.47 Å². The van der Waals surface area contributed by atoms with E-state index in [1.165, 1.54) is 6.07 Å². The van der Waals surface area contributed by atoms with Gasteiger partial charge in [-0.05, 0) is 17.5 Å². The second kappa shape index (κ2) is 6.99. The molecule has 7 atom stereocenters. The maximum Gasteiger partial charge on any atom is 0.187 e. The predicted octanol–water partition coefficient (Wildman–Crippen LogP) is -0.528. The van der Waals surface area contributed by atoms with Gasteiger partial charge in [0.1, 0.15) is 30.2 Å². The lowest BCUT2D eigenvalue weighted by Crippen LogP contribution is -2.59. The molecule has 0 aromatic heterocycles. The van der Waals surface area contributed by atoms with E-state index in [0.717, 1.165) is 0 Å². The second-order valence-electron chi connectivity index (χ2n) is 6.60. The molecule has 0 radical (unpaired) electrons. The smallest absolute Gasteiger partial charge is 0.187 e. The number of fused-ring (bicyclic) bond motifs is 1. The Morgan fingerprint density at radius 2 is 1.92 bits per heavy atom. The number of hydrogen-bond donors (Lipinski definition) is 5.